The Balaban J connectivity index is 0.00000169. The highest BCUT2D eigenvalue weighted by atomic mass is 35.5. The van der Waals surface area contributed by atoms with Gasteiger partial charge in [-0.3, -0.25) is 0 Å². The van der Waals surface area contributed by atoms with Gasteiger partial charge in [-0.25, -0.2) is 0 Å². The predicted octanol–water partition coefficient (Wildman–Crippen LogP) is 1.38. The Kier molecular flexibility index (Phi) is 6.57. The Morgan fingerprint density at radius 3 is 2.43 bits per heavy atom. The lowest BCUT2D eigenvalue weighted by molar-refractivity contribution is -0.759. The number of nitrogens with two attached hydrogens (primary N) is 1. The van der Waals surface area contributed by atoms with Crippen molar-refractivity contribution in [3.8, 4) is 0 Å². The minimum Gasteiger partial charge on any atom is -0.330 e. The van der Waals surface area contributed by atoms with Gasteiger partial charge < -0.3 is 10.6 Å². The van der Waals surface area contributed by atoms with Crippen LogP contribution in [0.4, 0.5) is 0 Å². The first-order chi connectivity index (χ1) is 6.24. The van der Waals surface area contributed by atoms with E-state index in [0.29, 0.717) is 12.5 Å². The third-order valence-electron chi connectivity index (χ3n) is 2.76. The van der Waals surface area contributed by atoms with Crippen LogP contribution < -0.4 is 5.73 Å². The fourth-order valence-corrected chi connectivity index (χ4v) is 1.97. The molecule has 2 N–H and O–H groups in total. The van der Waals surface area contributed by atoms with Crippen LogP contribution >= 0.6 is 12.4 Å². The highest BCUT2D eigenvalue weighted by molar-refractivity contribution is 5.85. The molecule has 1 fully saturated rings. The normalized spacial score (nSPS) is 26.4. The summed E-state index contributed by atoms with van der Waals surface area (Å²) in [7, 11) is 0. The molecule has 1 saturated carbocycles. The predicted molar refractivity (Wildman–Crippen MR) is 54.7 cm³/mol. The van der Waals surface area contributed by atoms with E-state index < -0.39 is 5.09 Å². The maximum absolute atomic E-state index is 9.99. The molecule has 0 aliphatic heterocycles. The molecule has 0 amide bonds. The summed E-state index contributed by atoms with van der Waals surface area (Å²) in [5.74, 6) is 0.692. The summed E-state index contributed by atoms with van der Waals surface area (Å²) in [6.45, 7) is 0.834. The molecule has 0 bridgehead atoms. The quantitative estimate of drug-likeness (QED) is 0.578. The fraction of sp³-hybridized carbons (Fsp3) is 1.00. The van der Waals surface area contributed by atoms with E-state index in [0.717, 1.165) is 19.3 Å². The van der Waals surface area contributed by atoms with Gasteiger partial charge in [-0.1, -0.05) is 12.8 Å². The summed E-state index contributed by atoms with van der Waals surface area (Å²) in [6, 6.07) is 0. The van der Waals surface area contributed by atoms with Crippen LogP contribution in [0.1, 0.15) is 25.7 Å². The summed E-state index contributed by atoms with van der Waals surface area (Å²) in [4.78, 5) is 14.4. The van der Waals surface area contributed by atoms with Crippen LogP contribution in [0.15, 0.2) is 0 Å². The molecule has 0 saturated heterocycles. The fourth-order valence-electron chi connectivity index (χ4n) is 1.97. The molecule has 14 heavy (non-hydrogen) atoms. The Hall–Kier alpha value is -0.550. The van der Waals surface area contributed by atoms with E-state index in [2.05, 4.69) is 4.84 Å². The molecule has 5 nitrogen and oxygen atoms in total. The lowest BCUT2D eigenvalue weighted by atomic mass is 9.80. The third-order valence-corrected chi connectivity index (χ3v) is 2.76. The van der Waals surface area contributed by atoms with Crippen LogP contribution in [0.25, 0.3) is 0 Å². The Labute approximate surface area is 89.5 Å². The summed E-state index contributed by atoms with van der Waals surface area (Å²) in [6.07, 6.45) is 4.43. The minimum absolute atomic E-state index is 0. The van der Waals surface area contributed by atoms with Gasteiger partial charge in [0.2, 0.25) is 0 Å². The van der Waals surface area contributed by atoms with Crippen molar-refractivity contribution in [2.45, 2.75) is 25.7 Å². The molecule has 0 aromatic heterocycles. The minimum atomic E-state index is -0.720. The van der Waals surface area contributed by atoms with E-state index in [1.807, 2.05) is 0 Å². The van der Waals surface area contributed by atoms with Crippen LogP contribution in [0.3, 0.4) is 0 Å². The van der Waals surface area contributed by atoms with Crippen molar-refractivity contribution in [2.75, 3.05) is 13.2 Å². The second-order valence-electron chi connectivity index (χ2n) is 3.56. The summed E-state index contributed by atoms with van der Waals surface area (Å²) in [5.41, 5.74) is 5.57. The lowest BCUT2D eigenvalue weighted by Crippen LogP contribution is -2.30. The zero-order valence-electron chi connectivity index (χ0n) is 8.05. The highest BCUT2D eigenvalue weighted by Crippen LogP contribution is 2.29. The number of hydrogen-bond acceptors (Lipinski definition) is 4. The molecular formula is C8H17ClN2O3. The molecule has 0 radical (unpaired) electrons. The molecule has 0 aromatic carbocycles. The highest BCUT2D eigenvalue weighted by Gasteiger charge is 2.24. The maximum atomic E-state index is 9.99. The van der Waals surface area contributed by atoms with Gasteiger partial charge in [0.25, 0.3) is 5.09 Å². The molecule has 6 heteroatoms. The first-order valence-corrected chi connectivity index (χ1v) is 4.71. The van der Waals surface area contributed by atoms with Gasteiger partial charge >= 0.3 is 0 Å². The average molecular weight is 225 g/mol. The van der Waals surface area contributed by atoms with Crippen molar-refractivity contribution >= 4 is 12.4 Å². The molecule has 2 atom stereocenters. The van der Waals surface area contributed by atoms with Crippen LogP contribution in [-0.4, -0.2) is 18.2 Å². The van der Waals surface area contributed by atoms with Gasteiger partial charge in [-0.15, -0.1) is 22.5 Å². The Morgan fingerprint density at radius 2 is 1.93 bits per heavy atom. The van der Waals surface area contributed by atoms with E-state index >= 15 is 0 Å². The molecule has 0 aromatic rings. The topological polar surface area (TPSA) is 78.4 Å². The van der Waals surface area contributed by atoms with Crippen molar-refractivity contribution in [3.63, 3.8) is 0 Å². The molecule has 1 aliphatic rings. The summed E-state index contributed by atoms with van der Waals surface area (Å²) >= 11 is 0. The van der Waals surface area contributed by atoms with Crippen molar-refractivity contribution in [1.29, 1.82) is 0 Å². The molecule has 0 heterocycles. The smallest absolute Gasteiger partial charge is 0.294 e. The zero-order valence-corrected chi connectivity index (χ0v) is 8.87. The zero-order chi connectivity index (χ0) is 9.68. The van der Waals surface area contributed by atoms with Crippen molar-refractivity contribution in [3.05, 3.63) is 10.1 Å². The first-order valence-electron chi connectivity index (χ1n) is 4.71. The Bertz CT molecular complexity index is 180. The van der Waals surface area contributed by atoms with E-state index in [1.54, 1.807) is 0 Å². The molecule has 1 rings (SSSR count). The van der Waals surface area contributed by atoms with Gasteiger partial charge in [-0.2, -0.15) is 0 Å². The van der Waals surface area contributed by atoms with Crippen LogP contribution in [0, 0.1) is 22.0 Å². The monoisotopic (exact) mass is 224 g/mol. The standard InChI is InChI=1S/C8H16N2O3.ClH/c9-5-7-3-1-2-4-8(7)6-13-10(11)12;/h7-8H,1-6,9H2;1H. The summed E-state index contributed by atoms with van der Waals surface area (Å²) in [5, 5.41) is 9.27. The summed E-state index contributed by atoms with van der Waals surface area (Å²) < 4.78 is 0. The molecule has 84 valence electrons. The van der Waals surface area contributed by atoms with Gasteiger partial charge in [0.05, 0.1) is 6.61 Å². The Morgan fingerprint density at radius 1 is 1.36 bits per heavy atom. The van der Waals surface area contributed by atoms with Gasteiger partial charge in [0.15, 0.2) is 0 Å². The van der Waals surface area contributed by atoms with Crippen molar-refractivity contribution in [2.24, 2.45) is 17.6 Å². The van der Waals surface area contributed by atoms with E-state index in [9.17, 15) is 10.1 Å². The van der Waals surface area contributed by atoms with E-state index in [-0.39, 0.29) is 24.9 Å². The largest absolute Gasteiger partial charge is 0.330 e. The van der Waals surface area contributed by atoms with E-state index in [1.165, 1.54) is 6.42 Å². The second-order valence-corrected chi connectivity index (χ2v) is 3.56. The van der Waals surface area contributed by atoms with Crippen LogP contribution in [-0.2, 0) is 4.84 Å². The first kappa shape index (κ1) is 13.4. The number of nitrogens with zero attached hydrogens (tertiary/aromatic N) is 1. The molecule has 1 aliphatic carbocycles. The van der Waals surface area contributed by atoms with Gasteiger partial charge in [0, 0.05) is 0 Å². The number of hydrogen-bond donors (Lipinski definition) is 1. The average Bonchev–Trinajstić information content (AvgIpc) is 2.15. The third kappa shape index (κ3) is 4.11. The van der Waals surface area contributed by atoms with Crippen LogP contribution in [0.2, 0.25) is 0 Å². The second kappa shape index (κ2) is 6.84. The molecule has 0 spiro atoms. The maximum Gasteiger partial charge on any atom is 0.294 e. The van der Waals surface area contributed by atoms with Crippen molar-refractivity contribution < 1.29 is 9.92 Å². The SMILES string of the molecule is Cl.NCC1CCCCC1CO[N+](=O)[O-]. The van der Waals surface area contributed by atoms with Gasteiger partial charge in [0.1, 0.15) is 0 Å². The number of rotatable bonds is 4. The van der Waals surface area contributed by atoms with Crippen molar-refractivity contribution in [1.82, 2.24) is 0 Å². The molecular weight excluding hydrogens is 208 g/mol. The van der Waals surface area contributed by atoms with Crippen LogP contribution in [0.5, 0.6) is 0 Å². The number of halogens is 1. The van der Waals surface area contributed by atoms with Gasteiger partial charge in [-0.05, 0) is 31.2 Å². The van der Waals surface area contributed by atoms with E-state index in [4.69, 9.17) is 5.73 Å². The molecule has 2 unspecified atom stereocenters. The lowest BCUT2D eigenvalue weighted by Gasteiger charge is -2.29.